The van der Waals surface area contributed by atoms with Crippen LogP contribution in [0.1, 0.15) is 23.3 Å². The average Bonchev–Trinajstić information content (AvgIpc) is 2.64. The van der Waals surface area contributed by atoms with E-state index in [1.807, 2.05) is 0 Å². The SMILES string of the molecule is Nc1ccc(C(OC(c2ccc(N)cc2)C(N)(O)CO)C(N)(O)CO)cc1. The van der Waals surface area contributed by atoms with E-state index in [1.165, 1.54) is 0 Å². The van der Waals surface area contributed by atoms with Gasteiger partial charge in [0.15, 0.2) is 11.4 Å². The molecule has 148 valence electrons. The molecule has 0 saturated heterocycles. The molecule has 0 bridgehead atoms. The molecule has 9 nitrogen and oxygen atoms in total. The molecule has 0 radical (unpaired) electrons. The van der Waals surface area contributed by atoms with Crippen LogP contribution in [0, 0.1) is 0 Å². The van der Waals surface area contributed by atoms with Gasteiger partial charge in [-0.1, -0.05) is 24.3 Å². The van der Waals surface area contributed by atoms with Crippen LogP contribution in [0.4, 0.5) is 11.4 Å². The van der Waals surface area contributed by atoms with E-state index >= 15 is 0 Å². The molecular formula is C18H26N4O5. The zero-order valence-electron chi connectivity index (χ0n) is 14.7. The highest BCUT2D eigenvalue weighted by atomic mass is 16.5. The van der Waals surface area contributed by atoms with Crippen LogP contribution in [0.3, 0.4) is 0 Å². The molecule has 2 rings (SSSR count). The summed E-state index contributed by atoms with van der Waals surface area (Å²) in [6.07, 6.45) is -2.60. The predicted molar refractivity (Wildman–Crippen MR) is 101 cm³/mol. The number of anilines is 2. The van der Waals surface area contributed by atoms with Gasteiger partial charge >= 0.3 is 0 Å². The van der Waals surface area contributed by atoms with Crippen LogP contribution in [0.5, 0.6) is 0 Å². The van der Waals surface area contributed by atoms with Gasteiger partial charge in [-0.3, -0.25) is 11.5 Å². The first-order valence-corrected chi connectivity index (χ1v) is 8.21. The monoisotopic (exact) mass is 378 g/mol. The summed E-state index contributed by atoms with van der Waals surface area (Å²) in [5, 5.41) is 39.9. The Labute approximate surface area is 156 Å². The molecule has 0 aliphatic rings. The smallest absolute Gasteiger partial charge is 0.167 e. The highest BCUT2D eigenvalue weighted by molar-refractivity contribution is 5.41. The summed E-state index contributed by atoms with van der Waals surface area (Å²) in [6, 6.07) is 12.5. The predicted octanol–water partition coefficient (Wildman–Crippen LogP) is -1.07. The van der Waals surface area contributed by atoms with Crippen molar-refractivity contribution in [3.8, 4) is 0 Å². The van der Waals surface area contributed by atoms with Crippen molar-refractivity contribution in [1.29, 1.82) is 0 Å². The molecular weight excluding hydrogens is 352 g/mol. The van der Waals surface area contributed by atoms with E-state index in [9.17, 15) is 20.4 Å². The Morgan fingerprint density at radius 1 is 0.704 bits per heavy atom. The summed E-state index contributed by atoms with van der Waals surface area (Å²) < 4.78 is 5.86. The minimum Gasteiger partial charge on any atom is -0.399 e. The highest BCUT2D eigenvalue weighted by Crippen LogP contribution is 2.36. The fraction of sp³-hybridized carbons (Fsp3) is 0.333. The van der Waals surface area contributed by atoms with Crippen molar-refractivity contribution >= 4 is 11.4 Å². The number of rotatable bonds is 8. The first kappa shape index (κ1) is 21.1. The third-order valence-electron chi connectivity index (χ3n) is 4.17. The van der Waals surface area contributed by atoms with Crippen molar-refractivity contribution in [3.63, 3.8) is 0 Å². The van der Waals surface area contributed by atoms with Gasteiger partial charge in [0.25, 0.3) is 0 Å². The number of hydrogen-bond acceptors (Lipinski definition) is 9. The van der Waals surface area contributed by atoms with Crippen LogP contribution in [-0.2, 0) is 4.74 Å². The standard InChI is InChI=1S/C18H26N4O5/c19-13-5-1-11(2-6-13)15(17(21,25)9-23)27-16(18(22,26)10-24)12-3-7-14(20)8-4-12/h1-8,15-16,23-26H,9-10,19-22H2. The lowest BCUT2D eigenvalue weighted by Crippen LogP contribution is -2.55. The first-order chi connectivity index (χ1) is 12.6. The van der Waals surface area contributed by atoms with Gasteiger partial charge in [-0.05, 0) is 35.4 Å². The number of ether oxygens (including phenoxy) is 1. The quantitative estimate of drug-likeness (QED) is 0.208. The molecule has 27 heavy (non-hydrogen) atoms. The normalized spacial score (nSPS) is 18.3. The van der Waals surface area contributed by atoms with Crippen LogP contribution < -0.4 is 22.9 Å². The van der Waals surface area contributed by atoms with Crippen LogP contribution in [0.2, 0.25) is 0 Å². The minimum atomic E-state index is -2.20. The van der Waals surface area contributed by atoms with Crippen LogP contribution in [0.25, 0.3) is 0 Å². The molecule has 0 aliphatic heterocycles. The average molecular weight is 378 g/mol. The van der Waals surface area contributed by atoms with Crippen LogP contribution in [0.15, 0.2) is 48.5 Å². The fourth-order valence-electron chi connectivity index (χ4n) is 2.61. The Morgan fingerprint density at radius 2 is 1.00 bits per heavy atom. The zero-order chi connectivity index (χ0) is 20.2. The van der Waals surface area contributed by atoms with Crippen molar-refractivity contribution in [2.45, 2.75) is 23.7 Å². The zero-order valence-corrected chi connectivity index (χ0v) is 14.7. The van der Waals surface area contributed by atoms with Gasteiger partial charge in [-0.25, -0.2) is 0 Å². The van der Waals surface area contributed by atoms with E-state index in [1.54, 1.807) is 48.5 Å². The second-order valence-corrected chi connectivity index (χ2v) is 6.53. The van der Waals surface area contributed by atoms with Crippen molar-refractivity contribution in [1.82, 2.24) is 0 Å². The Morgan fingerprint density at radius 3 is 1.26 bits per heavy atom. The lowest BCUT2D eigenvalue weighted by atomic mass is 9.95. The number of nitrogens with two attached hydrogens (primary N) is 4. The summed E-state index contributed by atoms with van der Waals surface area (Å²) in [4.78, 5) is 0. The largest absolute Gasteiger partial charge is 0.399 e. The van der Waals surface area contributed by atoms with Gasteiger partial charge in [-0.15, -0.1) is 0 Å². The molecule has 0 aromatic heterocycles. The number of nitrogen functional groups attached to an aromatic ring is 2. The van der Waals surface area contributed by atoms with Gasteiger partial charge in [0, 0.05) is 11.4 Å². The van der Waals surface area contributed by atoms with E-state index in [4.69, 9.17) is 27.7 Å². The molecule has 0 saturated carbocycles. The molecule has 12 N–H and O–H groups in total. The van der Waals surface area contributed by atoms with Crippen molar-refractivity contribution in [2.75, 3.05) is 24.7 Å². The molecule has 4 unspecified atom stereocenters. The van der Waals surface area contributed by atoms with Crippen LogP contribution >= 0.6 is 0 Å². The molecule has 9 heteroatoms. The topological polar surface area (TPSA) is 194 Å². The number of hydrogen-bond donors (Lipinski definition) is 8. The maximum Gasteiger partial charge on any atom is 0.167 e. The van der Waals surface area contributed by atoms with E-state index in [0.717, 1.165) is 0 Å². The number of aliphatic hydroxyl groups excluding tert-OH is 2. The molecule has 0 aliphatic carbocycles. The lowest BCUT2D eigenvalue weighted by Gasteiger charge is -2.38. The van der Waals surface area contributed by atoms with Gasteiger partial charge in [0.05, 0.1) is 13.2 Å². The van der Waals surface area contributed by atoms with E-state index in [2.05, 4.69) is 0 Å². The summed E-state index contributed by atoms with van der Waals surface area (Å²) in [5.41, 5.74) is 20.3. The Hall–Kier alpha value is -2.24. The second-order valence-electron chi connectivity index (χ2n) is 6.53. The minimum absolute atomic E-state index is 0.387. The Bertz CT molecular complexity index is 671. The number of benzene rings is 2. The van der Waals surface area contributed by atoms with E-state index in [0.29, 0.717) is 22.5 Å². The van der Waals surface area contributed by atoms with Gasteiger partial charge < -0.3 is 36.6 Å². The van der Waals surface area contributed by atoms with Gasteiger partial charge in [0.1, 0.15) is 12.2 Å². The van der Waals surface area contributed by atoms with Crippen molar-refractivity contribution < 1.29 is 25.2 Å². The third-order valence-corrected chi connectivity index (χ3v) is 4.17. The third kappa shape index (κ3) is 4.93. The maximum atomic E-state index is 10.5. The lowest BCUT2D eigenvalue weighted by molar-refractivity contribution is -0.207. The van der Waals surface area contributed by atoms with Crippen molar-refractivity contribution in [3.05, 3.63) is 59.7 Å². The molecule has 0 fully saturated rings. The summed E-state index contributed by atoms with van der Waals surface area (Å²) in [7, 11) is 0. The van der Waals surface area contributed by atoms with Gasteiger partial charge in [-0.2, -0.15) is 0 Å². The van der Waals surface area contributed by atoms with Crippen LogP contribution in [-0.4, -0.2) is 45.1 Å². The van der Waals surface area contributed by atoms with Crippen molar-refractivity contribution in [2.24, 2.45) is 11.5 Å². The first-order valence-electron chi connectivity index (χ1n) is 8.21. The van der Waals surface area contributed by atoms with E-state index in [-0.39, 0.29) is 0 Å². The van der Waals surface area contributed by atoms with E-state index < -0.39 is 36.9 Å². The second kappa shape index (κ2) is 8.19. The molecule has 0 heterocycles. The fourth-order valence-corrected chi connectivity index (χ4v) is 2.61. The van der Waals surface area contributed by atoms with Gasteiger partial charge in [0.2, 0.25) is 0 Å². The maximum absolute atomic E-state index is 10.5. The molecule has 2 aromatic rings. The number of aliphatic hydroxyl groups is 4. The molecule has 4 atom stereocenters. The molecule has 2 aromatic carbocycles. The summed E-state index contributed by atoms with van der Waals surface area (Å²) >= 11 is 0. The summed E-state index contributed by atoms with van der Waals surface area (Å²) in [6.45, 7) is -1.67. The summed E-state index contributed by atoms with van der Waals surface area (Å²) in [5.74, 6) is 0. The molecule has 0 amide bonds. The molecule has 0 spiro atoms. The highest BCUT2D eigenvalue weighted by Gasteiger charge is 2.42. The Balaban J connectivity index is 2.49. The Kier molecular flexibility index (Phi) is 6.39.